The molecule has 0 saturated heterocycles. The van der Waals surface area contributed by atoms with Crippen molar-refractivity contribution in [1.82, 2.24) is 5.32 Å². The molecule has 1 fully saturated rings. The number of nitrogens with one attached hydrogen (secondary N) is 1. The molecule has 110 valence electrons. The zero-order valence-electron chi connectivity index (χ0n) is 12.6. The van der Waals surface area contributed by atoms with Gasteiger partial charge in [-0.3, -0.25) is 0 Å². The maximum atomic E-state index is 6.28. The van der Waals surface area contributed by atoms with E-state index in [4.69, 9.17) is 11.6 Å². The average molecular weight is 300 g/mol. The van der Waals surface area contributed by atoms with E-state index >= 15 is 0 Å². The van der Waals surface area contributed by atoms with Crippen LogP contribution in [0.4, 0.5) is 0 Å². The van der Waals surface area contributed by atoms with Crippen molar-refractivity contribution < 1.29 is 0 Å². The standard InChI is InChI=1S/C19H22ClN/c1-13-7-3-4-8-17(13)14(2)21-16-11-15(12-16)18-9-5-6-10-19(18)20/h3-10,14-16,21H,11-12H2,1-2H3. The van der Waals surface area contributed by atoms with Crippen LogP contribution in [0.3, 0.4) is 0 Å². The third-order valence-electron chi connectivity index (χ3n) is 4.62. The van der Waals surface area contributed by atoms with Gasteiger partial charge < -0.3 is 5.32 Å². The molecule has 0 heterocycles. The summed E-state index contributed by atoms with van der Waals surface area (Å²) in [6.45, 7) is 4.44. The van der Waals surface area contributed by atoms with E-state index in [1.165, 1.54) is 29.5 Å². The highest BCUT2D eigenvalue weighted by Gasteiger charge is 2.32. The molecule has 1 aliphatic rings. The lowest BCUT2D eigenvalue weighted by atomic mass is 9.75. The fourth-order valence-electron chi connectivity index (χ4n) is 3.33. The SMILES string of the molecule is Cc1ccccc1C(C)NC1CC(c2ccccc2Cl)C1. The molecule has 0 bridgehead atoms. The highest BCUT2D eigenvalue weighted by Crippen LogP contribution is 2.40. The predicted octanol–water partition coefficient (Wildman–Crippen LogP) is 5.25. The maximum absolute atomic E-state index is 6.28. The van der Waals surface area contributed by atoms with Crippen LogP contribution in [0.1, 0.15) is 48.4 Å². The van der Waals surface area contributed by atoms with E-state index in [9.17, 15) is 0 Å². The molecular formula is C19H22ClN. The first kappa shape index (κ1) is 14.6. The summed E-state index contributed by atoms with van der Waals surface area (Å²) in [4.78, 5) is 0. The van der Waals surface area contributed by atoms with E-state index in [0.29, 0.717) is 18.0 Å². The fraction of sp³-hybridized carbons (Fsp3) is 0.368. The Bertz CT molecular complexity index is 616. The van der Waals surface area contributed by atoms with Gasteiger partial charge in [0, 0.05) is 17.1 Å². The Morgan fingerprint density at radius 3 is 2.43 bits per heavy atom. The lowest BCUT2D eigenvalue weighted by Gasteiger charge is -2.38. The number of benzene rings is 2. The topological polar surface area (TPSA) is 12.0 Å². The number of halogens is 1. The Morgan fingerprint density at radius 2 is 1.71 bits per heavy atom. The van der Waals surface area contributed by atoms with Crippen molar-refractivity contribution in [2.24, 2.45) is 0 Å². The van der Waals surface area contributed by atoms with E-state index in [2.05, 4.69) is 55.6 Å². The van der Waals surface area contributed by atoms with Crippen LogP contribution >= 0.6 is 11.6 Å². The minimum Gasteiger partial charge on any atom is -0.307 e. The van der Waals surface area contributed by atoms with Crippen LogP contribution < -0.4 is 5.32 Å². The van der Waals surface area contributed by atoms with E-state index in [-0.39, 0.29) is 0 Å². The number of aryl methyl sites for hydroxylation is 1. The lowest BCUT2D eigenvalue weighted by molar-refractivity contribution is 0.270. The van der Waals surface area contributed by atoms with Crippen LogP contribution in [0, 0.1) is 6.92 Å². The third-order valence-corrected chi connectivity index (χ3v) is 4.97. The van der Waals surface area contributed by atoms with Crippen LogP contribution in [0.15, 0.2) is 48.5 Å². The first-order valence-corrected chi connectivity index (χ1v) is 8.09. The molecule has 0 aliphatic heterocycles. The Morgan fingerprint density at radius 1 is 1.05 bits per heavy atom. The zero-order chi connectivity index (χ0) is 14.8. The first-order valence-electron chi connectivity index (χ1n) is 7.71. The maximum Gasteiger partial charge on any atom is 0.0440 e. The smallest absolute Gasteiger partial charge is 0.0440 e. The van der Waals surface area contributed by atoms with Gasteiger partial charge in [-0.05, 0) is 55.4 Å². The average Bonchev–Trinajstić information content (AvgIpc) is 2.44. The first-order chi connectivity index (χ1) is 10.1. The molecule has 0 radical (unpaired) electrons. The van der Waals surface area contributed by atoms with Crippen LogP contribution in [0.2, 0.25) is 5.02 Å². The Kier molecular flexibility index (Phi) is 4.32. The molecule has 0 amide bonds. The van der Waals surface area contributed by atoms with Crippen molar-refractivity contribution in [2.45, 2.75) is 44.7 Å². The van der Waals surface area contributed by atoms with Gasteiger partial charge >= 0.3 is 0 Å². The second kappa shape index (κ2) is 6.21. The van der Waals surface area contributed by atoms with Crippen LogP contribution in [0.5, 0.6) is 0 Å². The largest absolute Gasteiger partial charge is 0.307 e. The lowest BCUT2D eigenvalue weighted by Crippen LogP contribution is -2.41. The number of rotatable bonds is 4. The summed E-state index contributed by atoms with van der Waals surface area (Å²) in [6, 6.07) is 17.9. The second-order valence-corrected chi connectivity index (χ2v) is 6.54. The Balaban J connectivity index is 1.58. The van der Waals surface area contributed by atoms with Crippen LogP contribution in [0.25, 0.3) is 0 Å². The van der Waals surface area contributed by atoms with Crippen molar-refractivity contribution in [2.75, 3.05) is 0 Å². The summed E-state index contributed by atoms with van der Waals surface area (Å²) in [5.41, 5.74) is 4.07. The highest BCUT2D eigenvalue weighted by atomic mass is 35.5. The van der Waals surface area contributed by atoms with Gasteiger partial charge in [0.2, 0.25) is 0 Å². The van der Waals surface area contributed by atoms with E-state index in [1.807, 2.05) is 12.1 Å². The van der Waals surface area contributed by atoms with Gasteiger partial charge in [0.05, 0.1) is 0 Å². The summed E-state index contributed by atoms with van der Waals surface area (Å²) in [5, 5.41) is 4.66. The Labute approximate surface area is 132 Å². The summed E-state index contributed by atoms with van der Waals surface area (Å²) in [7, 11) is 0. The molecular weight excluding hydrogens is 278 g/mol. The van der Waals surface area contributed by atoms with E-state index in [1.54, 1.807) is 0 Å². The zero-order valence-corrected chi connectivity index (χ0v) is 13.4. The minimum absolute atomic E-state index is 0.406. The van der Waals surface area contributed by atoms with Gasteiger partial charge in [-0.15, -0.1) is 0 Å². The molecule has 21 heavy (non-hydrogen) atoms. The Hall–Kier alpha value is -1.31. The van der Waals surface area contributed by atoms with Crippen molar-refractivity contribution in [3.8, 4) is 0 Å². The predicted molar refractivity (Wildman–Crippen MR) is 89.9 cm³/mol. The minimum atomic E-state index is 0.406. The van der Waals surface area contributed by atoms with Crippen LogP contribution in [-0.2, 0) is 0 Å². The molecule has 2 aromatic carbocycles. The molecule has 0 aromatic heterocycles. The molecule has 1 atom stereocenters. The quantitative estimate of drug-likeness (QED) is 0.813. The van der Waals surface area contributed by atoms with Gasteiger partial charge in [-0.25, -0.2) is 0 Å². The monoisotopic (exact) mass is 299 g/mol. The summed E-state index contributed by atoms with van der Waals surface area (Å²) in [5.74, 6) is 0.611. The van der Waals surface area contributed by atoms with Gasteiger partial charge in [-0.1, -0.05) is 54.1 Å². The molecule has 1 aliphatic carbocycles. The van der Waals surface area contributed by atoms with Crippen molar-refractivity contribution in [3.05, 3.63) is 70.2 Å². The van der Waals surface area contributed by atoms with Crippen molar-refractivity contribution >= 4 is 11.6 Å². The van der Waals surface area contributed by atoms with E-state index < -0.39 is 0 Å². The highest BCUT2D eigenvalue weighted by molar-refractivity contribution is 6.31. The third kappa shape index (κ3) is 3.14. The van der Waals surface area contributed by atoms with Crippen molar-refractivity contribution in [3.63, 3.8) is 0 Å². The van der Waals surface area contributed by atoms with E-state index in [0.717, 1.165) is 5.02 Å². The number of hydrogen-bond acceptors (Lipinski definition) is 1. The van der Waals surface area contributed by atoms with Gasteiger partial charge in [0.25, 0.3) is 0 Å². The molecule has 1 saturated carbocycles. The molecule has 2 heteroatoms. The normalized spacial score (nSPS) is 22.6. The second-order valence-electron chi connectivity index (χ2n) is 6.13. The molecule has 1 unspecified atom stereocenters. The summed E-state index contributed by atoms with van der Waals surface area (Å²) >= 11 is 6.28. The fourth-order valence-corrected chi connectivity index (χ4v) is 3.62. The molecule has 3 rings (SSSR count). The molecule has 1 N–H and O–H groups in total. The van der Waals surface area contributed by atoms with Gasteiger partial charge in [0.1, 0.15) is 0 Å². The van der Waals surface area contributed by atoms with Gasteiger partial charge in [-0.2, -0.15) is 0 Å². The van der Waals surface area contributed by atoms with Crippen LogP contribution in [-0.4, -0.2) is 6.04 Å². The molecule has 0 spiro atoms. The number of hydrogen-bond donors (Lipinski definition) is 1. The van der Waals surface area contributed by atoms with Crippen molar-refractivity contribution in [1.29, 1.82) is 0 Å². The van der Waals surface area contributed by atoms with Gasteiger partial charge in [0.15, 0.2) is 0 Å². The molecule has 1 nitrogen and oxygen atoms in total. The summed E-state index contributed by atoms with van der Waals surface area (Å²) in [6.07, 6.45) is 2.36. The molecule has 2 aromatic rings. The summed E-state index contributed by atoms with van der Waals surface area (Å²) < 4.78 is 0.